The van der Waals surface area contributed by atoms with E-state index in [0.29, 0.717) is 27.8 Å². The fourth-order valence-electron chi connectivity index (χ4n) is 5.51. The van der Waals surface area contributed by atoms with Crippen LogP contribution in [-0.2, 0) is 22.5 Å². The fourth-order valence-corrected chi connectivity index (χ4v) is 7.45. The van der Waals surface area contributed by atoms with E-state index in [0.717, 1.165) is 29.1 Å². The average Bonchev–Trinajstić information content (AvgIpc) is 3.51. The zero-order chi connectivity index (χ0) is 29.8. The van der Waals surface area contributed by atoms with Crippen molar-refractivity contribution in [2.75, 3.05) is 11.4 Å². The molecular weight excluding hydrogens is 597 g/mol. The molecule has 1 aliphatic carbocycles. The van der Waals surface area contributed by atoms with Gasteiger partial charge in [0.05, 0.1) is 21.8 Å². The Kier molecular flexibility index (Phi) is 7.03. The molecule has 42 heavy (non-hydrogen) atoms. The predicted octanol–water partition coefficient (Wildman–Crippen LogP) is 6.14. The summed E-state index contributed by atoms with van der Waals surface area (Å²) in [6.45, 7) is 1.69. The van der Waals surface area contributed by atoms with Crippen molar-refractivity contribution in [3.63, 3.8) is 0 Å². The van der Waals surface area contributed by atoms with Crippen molar-refractivity contribution in [2.24, 2.45) is 7.05 Å². The van der Waals surface area contributed by atoms with Crippen LogP contribution in [0, 0.1) is 6.92 Å². The Balaban J connectivity index is 1.38. The second kappa shape index (κ2) is 10.4. The number of nitrogens with zero attached hydrogens (tertiary/aromatic N) is 5. The van der Waals surface area contributed by atoms with Crippen molar-refractivity contribution in [3.8, 4) is 17.1 Å². The standard InChI is InChI=1S/C30H27Cl2N5O4S/c1-19-26(28(38)37(35(19)2)23-11-5-4-6-12-23)36(3)42(39,40)25-17-20(13-14-24(25)32)27-33-29(34-41-27)30(15-8-16-30)21-9-7-10-22(31)18-21/h4-7,9-14,17-18H,8,15-16H2,1-3H3. The number of hydrogen-bond acceptors (Lipinski definition) is 6. The van der Waals surface area contributed by atoms with Crippen LogP contribution in [0.15, 0.2) is 87.0 Å². The molecule has 2 aromatic heterocycles. The van der Waals surface area contributed by atoms with Crippen LogP contribution < -0.4 is 9.86 Å². The number of anilines is 1. The summed E-state index contributed by atoms with van der Waals surface area (Å²) in [6, 6.07) is 21.1. The van der Waals surface area contributed by atoms with Crippen LogP contribution in [0.25, 0.3) is 17.1 Å². The molecule has 216 valence electrons. The van der Waals surface area contributed by atoms with Gasteiger partial charge in [0.15, 0.2) is 5.82 Å². The first-order valence-electron chi connectivity index (χ1n) is 13.3. The maximum atomic E-state index is 13.9. The smallest absolute Gasteiger partial charge is 0.296 e. The second-order valence-electron chi connectivity index (χ2n) is 10.4. The van der Waals surface area contributed by atoms with Crippen molar-refractivity contribution < 1.29 is 12.9 Å². The van der Waals surface area contributed by atoms with E-state index < -0.39 is 21.0 Å². The van der Waals surface area contributed by atoms with Crippen LogP contribution in [0.1, 0.15) is 36.3 Å². The molecule has 0 amide bonds. The molecule has 0 atom stereocenters. The van der Waals surface area contributed by atoms with Gasteiger partial charge in [-0.15, -0.1) is 0 Å². The van der Waals surface area contributed by atoms with E-state index in [1.165, 1.54) is 23.9 Å². The Morgan fingerprint density at radius 2 is 1.74 bits per heavy atom. The summed E-state index contributed by atoms with van der Waals surface area (Å²) in [4.78, 5) is 18.0. The van der Waals surface area contributed by atoms with E-state index in [-0.39, 0.29) is 21.5 Å². The third-order valence-corrected chi connectivity index (χ3v) is 10.6. The number of hydrogen-bond donors (Lipinski definition) is 0. The number of halogens is 2. The number of sulfonamides is 1. The molecule has 0 bridgehead atoms. The fraction of sp³-hybridized carbons (Fsp3) is 0.233. The highest BCUT2D eigenvalue weighted by atomic mass is 35.5. The van der Waals surface area contributed by atoms with Gasteiger partial charge in [-0.25, -0.2) is 13.1 Å². The van der Waals surface area contributed by atoms with Gasteiger partial charge in [-0.2, -0.15) is 4.98 Å². The molecule has 0 radical (unpaired) electrons. The van der Waals surface area contributed by atoms with E-state index in [4.69, 9.17) is 27.7 Å². The quantitative estimate of drug-likeness (QED) is 0.216. The summed E-state index contributed by atoms with van der Waals surface area (Å²) in [5.41, 5.74) is 1.59. The molecule has 0 spiro atoms. The molecule has 1 saturated carbocycles. The number of rotatable bonds is 7. The highest BCUT2D eigenvalue weighted by Crippen LogP contribution is 2.48. The SMILES string of the molecule is Cc1c(N(C)S(=O)(=O)c2cc(-c3nc(C4(c5cccc(Cl)c5)CCC4)no3)ccc2Cl)c(=O)n(-c2ccccc2)n1C. The van der Waals surface area contributed by atoms with E-state index in [1.807, 2.05) is 30.3 Å². The zero-order valence-corrected chi connectivity index (χ0v) is 25.4. The maximum Gasteiger partial charge on any atom is 0.296 e. The third kappa shape index (κ3) is 4.45. The van der Waals surface area contributed by atoms with Crippen LogP contribution >= 0.6 is 23.2 Å². The summed E-state index contributed by atoms with van der Waals surface area (Å²) in [5.74, 6) is 0.681. The van der Waals surface area contributed by atoms with E-state index in [1.54, 1.807) is 49.0 Å². The van der Waals surface area contributed by atoms with Gasteiger partial charge in [-0.1, -0.05) is 65.1 Å². The van der Waals surface area contributed by atoms with Crippen LogP contribution in [0.3, 0.4) is 0 Å². The Labute approximate surface area is 252 Å². The Morgan fingerprint density at radius 3 is 2.40 bits per heavy atom. The van der Waals surface area contributed by atoms with Crippen molar-refractivity contribution in [3.05, 3.63) is 110 Å². The number of aromatic nitrogens is 4. The molecule has 6 rings (SSSR count). The highest BCUT2D eigenvalue weighted by molar-refractivity contribution is 7.93. The first-order chi connectivity index (χ1) is 20.0. The lowest BCUT2D eigenvalue weighted by Gasteiger charge is -2.39. The Hall–Kier alpha value is -3.86. The van der Waals surface area contributed by atoms with Crippen molar-refractivity contribution >= 4 is 38.9 Å². The van der Waals surface area contributed by atoms with Crippen molar-refractivity contribution in [1.82, 2.24) is 19.5 Å². The van der Waals surface area contributed by atoms with Crippen LogP contribution in [-0.4, -0.2) is 35.0 Å². The number of benzene rings is 3. The van der Waals surface area contributed by atoms with Gasteiger partial charge < -0.3 is 4.52 Å². The number of para-hydroxylation sites is 1. The molecule has 12 heteroatoms. The molecule has 9 nitrogen and oxygen atoms in total. The average molecular weight is 625 g/mol. The highest BCUT2D eigenvalue weighted by Gasteiger charge is 2.44. The van der Waals surface area contributed by atoms with Gasteiger partial charge in [0.2, 0.25) is 0 Å². The summed E-state index contributed by atoms with van der Waals surface area (Å²) in [6.07, 6.45) is 2.69. The topological polar surface area (TPSA) is 103 Å². The van der Waals surface area contributed by atoms with Gasteiger partial charge in [0.25, 0.3) is 21.5 Å². The lowest BCUT2D eigenvalue weighted by molar-refractivity contribution is 0.273. The van der Waals surface area contributed by atoms with Crippen molar-refractivity contribution in [2.45, 2.75) is 36.5 Å². The largest absolute Gasteiger partial charge is 0.334 e. The minimum Gasteiger partial charge on any atom is -0.334 e. The summed E-state index contributed by atoms with van der Waals surface area (Å²) in [7, 11) is -1.23. The Bertz CT molecular complexity index is 1980. The van der Waals surface area contributed by atoms with Crippen LogP contribution in [0.2, 0.25) is 10.0 Å². The lowest BCUT2D eigenvalue weighted by Crippen LogP contribution is -2.36. The lowest BCUT2D eigenvalue weighted by atomic mass is 9.64. The normalized spacial score (nSPS) is 14.5. The summed E-state index contributed by atoms with van der Waals surface area (Å²) >= 11 is 12.7. The van der Waals surface area contributed by atoms with Crippen LogP contribution in [0.4, 0.5) is 5.69 Å². The van der Waals surface area contributed by atoms with Gasteiger partial charge in [-0.05, 0) is 67.8 Å². The van der Waals surface area contributed by atoms with Gasteiger partial charge >= 0.3 is 0 Å². The monoisotopic (exact) mass is 623 g/mol. The minimum atomic E-state index is -4.28. The Morgan fingerprint density at radius 1 is 1.00 bits per heavy atom. The molecule has 0 saturated heterocycles. The first kappa shape index (κ1) is 28.3. The third-order valence-electron chi connectivity index (χ3n) is 8.09. The van der Waals surface area contributed by atoms with Gasteiger partial charge in [0.1, 0.15) is 10.6 Å². The maximum absolute atomic E-state index is 13.9. The zero-order valence-electron chi connectivity index (χ0n) is 23.1. The molecule has 0 unspecified atom stereocenters. The van der Waals surface area contributed by atoms with E-state index >= 15 is 0 Å². The molecule has 5 aromatic rings. The molecular formula is C30H27Cl2N5O4S. The van der Waals surface area contributed by atoms with Crippen molar-refractivity contribution in [1.29, 1.82) is 0 Å². The first-order valence-corrected chi connectivity index (χ1v) is 15.5. The predicted molar refractivity (Wildman–Crippen MR) is 162 cm³/mol. The second-order valence-corrected chi connectivity index (χ2v) is 13.2. The van der Waals surface area contributed by atoms with Gasteiger partial charge in [0, 0.05) is 24.7 Å². The molecule has 2 heterocycles. The molecule has 0 N–H and O–H groups in total. The van der Waals surface area contributed by atoms with E-state index in [2.05, 4.69) is 10.1 Å². The summed E-state index contributed by atoms with van der Waals surface area (Å²) < 4.78 is 37.5. The molecule has 1 aliphatic rings. The van der Waals surface area contributed by atoms with Gasteiger partial charge in [-0.3, -0.25) is 13.8 Å². The molecule has 0 aliphatic heterocycles. The summed E-state index contributed by atoms with van der Waals surface area (Å²) in [5, 5.41) is 4.91. The molecule has 3 aromatic carbocycles. The van der Waals surface area contributed by atoms with Crippen LogP contribution in [0.5, 0.6) is 0 Å². The van der Waals surface area contributed by atoms with E-state index in [9.17, 15) is 13.2 Å². The molecule has 1 fully saturated rings. The minimum absolute atomic E-state index is 0.00306.